The molecule has 6 nitrogen and oxygen atoms in total. The Labute approximate surface area is 108 Å². The van der Waals surface area contributed by atoms with Crippen molar-refractivity contribution in [1.82, 2.24) is 0 Å². The van der Waals surface area contributed by atoms with Crippen molar-refractivity contribution in [3.05, 3.63) is 0 Å². The van der Waals surface area contributed by atoms with Crippen molar-refractivity contribution in [2.45, 2.75) is 39.5 Å². The summed E-state index contributed by atoms with van der Waals surface area (Å²) < 4.78 is 9.54. The van der Waals surface area contributed by atoms with Crippen LogP contribution < -0.4 is 0 Å². The van der Waals surface area contributed by atoms with Crippen molar-refractivity contribution >= 4 is 11.9 Å². The third kappa shape index (κ3) is 17.3. The second kappa shape index (κ2) is 15.9. The van der Waals surface area contributed by atoms with Crippen molar-refractivity contribution in [3.8, 4) is 0 Å². The quantitative estimate of drug-likeness (QED) is 0.506. The molecule has 0 fully saturated rings. The van der Waals surface area contributed by atoms with E-state index in [1.807, 2.05) is 13.8 Å². The van der Waals surface area contributed by atoms with E-state index in [1.54, 1.807) is 0 Å². The van der Waals surface area contributed by atoms with Gasteiger partial charge in [0.2, 0.25) is 0 Å². The van der Waals surface area contributed by atoms with Crippen LogP contribution in [0.15, 0.2) is 0 Å². The highest BCUT2D eigenvalue weighted by molar-refractivity contribution is 5.80. The molecule has 0 spiro atoms. The summed E-state index contributed by atoms with van der Waals surface area (Å²) in [4.78, 5) is 20.4. The van der Waals surface area contributed by atoms with Crippen LogP contribution in [0.4, 0.5) is 4.79 Å². The van der Waals surface area contributed by atoms with Gasteiger partial charge in [0.25, 0.3) is 0 Å². The maximum Gasteiger partial charge on any atom is 0.508 e. The zero-order valence-corrected chi connectivity index (χ0v) is 11.2. The summed E-state index contributed by atoms with van der Waals surface area (Å²) >= 11 is 0. The molecule has 0 radical (unpaired) electrons. The molecule has 0 aliphatic rings. The number of hydrogen-bond donors (Lipinski definition) is 2. The molecule has 108 valence electrons. The van der Waals surface area contributed by atoms with Gasteiger partial charge in [-0.1, -0.05) is 26.7 Å². The lowest BCUT2D eigenvalue weighted by molar-refractivity contribution is -0.124. The minimum Gasteiger partial charge on any atom is -0.434 e. The first kappa shape index (κ1) is 19.2. The second-order valence-electron chi connectivity index (χ2n) is 3.51. The normalized spacial score (nSPS) is 9.11. The number of carbonyl (C=O) groups is 2. The Bertz CT molecular complexity index is 187. The van der Waals surface area contributed by atoms with E-state index in [0.717, 1.165) is 25.7 Å². The molecule has 0 unspecified atom stereocenters. The molecule has 0 rings (SSSR count). The molecule has 18 heavy (non-hydrogen) atoms. The summed E-state index contributed by atoms with van der Waals surface area (Å²) in [5, 5.41) is 15.7. The van der Waals surface area contributed by atoms with Crippen molar-refractivity contribution in [3.63, 3.8) is 0 Å². The average molecular weight is 264 g/mol. The van der Waals surface area contributed by atoms with Gasteiger partial charge in [-0.15, -0.1) is 0 Å². The summed E-state index contributed by atoms with van der Waals surface area (Å²) in [6.45, 7) is 3.92. The van der Waals surface area contributed by atoms with E-state index in [9.17, 15) is 9.59 Å². The minimum atomic E-state index is -0.559. The molecule has 0 saturated heterocycles. The van der Waals surface area contributed by atoms with Crippen LogP contribution in [0.3, 0.4) is 0 Å². The maximum atomic E-state index is 10.7. The summed E-state index contributed by atoms with van der Waals surface area (Å²) in [6, 6.07) is 0. The number of carbonyl (C=O) groups excluding carboxylic acids is 2. The number of rotatable bonds is 8. The van der Waals surface area contributed by atoms with Crippen molar-refractivity contribution in [1.29, 1.82) is 0 Å². The summed E-state index contributed by atoms with van der Waals surface area (Å²) in [5.74, 6) is -0.546. The number of aliphatic hydroxyl groups is 2. The highest BCUT2D eigenvalue weighted by atomic mass is 16.7. The van der Waals surface area contributed by atoms with Crippen molar-refractivity contribution in [2.75, 3.05) is 26.4 Å². The molecule has 0 atom stereocenters. The molecular weight excluding hydrogens is 240 g/mol. The highest BCUT2D eigenvalue weighted by Crippen LogP contribution is 1.93. The van der Waals surface area contributed by atoms with Crippen LogP contribution in [0.1, 0.15) is 39.5 Å². The SMILES string of the molecule is CCCCOC(=O)OCCCC.O=C(CO)CO. The Balaban J connectivity index is 0. The number of ketones is 1. The first-order valence-corrected chi connectivity index (χ1v) is 6.15. The summed E-state index contributed by atoms with van der Waals surface area (Å²) in [7, 11) is 0. The molecule has 0 aromatic rings. The van der Waals surface area contributed by atoms with E-state index >= 15 is 0 Å². The van der Waals surface area contributed by atoms with Crippen molar-refractivity contribution < 1.29 is 29.3 Å². The fraction of sp³-hybridized carbons (Fsp3) is 0.833. The molecular formula is C12H24O6. The fourth-order valence-electron chi connectivity index (χ4n) is 0.691. The predicted octanol–water partition coefficient (Wildman–Crippen LogP) is 1.28. The second-order valence-corrected chi connectivity index (χ2v) is 3.51. The third-order valence-corrected chi connectivity index (χ3v) is 1.79. The van der Waals surface area contributed by atoms with Crippen molar-refractivity contribution in [2.24, 2.45) is 0 Å². The topological polar surface area (TPSA) is 93.1 Å². The standard InChI is InChI=1S/C9H18O3.C3H6O3/c1-3-5-7-11-9(10)12-8-6-4-2;4-1-3(6)2-5/h3-8H2,1-2H3;4-5H,1-2H2. The lowest BCUT2D eigenvalue weighted by Gasteiger charge is -2.04. The van der Waals surface area contributed by atoms with Gasteiger partial charge in [0.05, 0.1) is 13.2 Å². The Morgan fingerprint density at radius 2 is 1.28 bits per heavy atom. The van der Waals surface area contributed by atoms with Crippen LogP contribution in [0.25, 0.3) is 0 Å². The van der Waals surface area contributed by atoms with E-state index in [1.165, 1.54) is 0 Å². The molecule has 0 aliphatic heterocycles. The van der Waals surface area contributed by atoms with Gasteiger partial charge in [0, 0.05) is 0 Å². The van der Waals surface area contributed by atoms with E-state index in [4.69, 9.17) is 19.7 Å². The van der Waals surface area contributed by atoms with Gasteiger partial charge < -0.3 is 19.7 Å². The zero-order valence-electron chi connectivity index (χ0n) is 11.2. The Hall–Kier alpha value is -1.14. The fourth-order valence-corrected chi connectivity index (χ4v) is 0.691. The van der Waals surface area contributed by atoms with Gasteiger partial charge in [-0.2, -0.15) is 0 Å². The predicted molar refractivity (Wildman–Crippen MR) is 66.3 cm³/mol. The molecule has 0 aromatic carbocycles. The van der Waals surface area contributed by atoms with Gasteiger partial charge in [0.15, 0.2) is 5.78 Å². The third-order valence-electron chi connectivity index (χ3n) is 1.79. The van der Waals surface area contributed by atoms with Gasteiger partial charge in [-0.3, -0.25) is 4.79 Å². The molecule has 0 heterocycles. The van der Waals surface area contributed by atoms with Crippen LogP contribution in [-0.4, -0.2) is 48.6 Å². The first-order valence-electron chi connectivity index (χ1n) is 6.15. The average Bonchev–Trinajstić information content (AvgIpc) is 2.39. The highest BCUT2D eigenvalue weighted by Gasteiger charge is 2.00. The number of hydrogen-bond acceptors (Lipinski definition) is 6. The number of ether oxygens (including phenoxy) is 2. The number of Topliss-reactive ketones (excluding diaryl/α,β-unsaturated/α-hetero) is 1. The van der Waals surface area contributed by atoms with E-state index in [-0.39, 0.29) is 0 Å². The molecule has 0 bridgehead atoms. The molecule has 2 N–H and O–H groups in total. The van der Waals surface area contributed by atoms with Gasteiger partial charge in [-0.05, 0) is 12.8 Å². The van der Waals surface area contributed by atoms with Crippen LogP contribution in [-0.2, 0) is 14.3 Å². The van der Waals surface area contributed by atoms with E-state index in [0.29, 0.717) is 13.2 Å². The molecule has 0 aromatic heterocycles. The molecule has 0 amide bonds. The smallest absolute Gasteiger partial charge is 0.434 e. The summed E-state index contributed by atoms with van der Waals surface area (Å²) in [6.07, 6.45) is 3.34. The van der Waals surface area contributed by atoms with Crippen LogP contribution in [0.2, 0.25) is 0 Å². The Morgan fingerprint density at radius 3 is 1.50 bits per heavy atom. The number of aliphatic hydroxyl groups excluding tert-OH is 2. The minimum absolute atomic E-state index is 0.474. The van der Waals surface area contributed by atoms with E-state index < -0.39 is 25.2 Å². The van der Waals surface area contributed by atoms with Crippen LogP contribution >= 0.6 is 0 Å². The van der Waals surface area contributed by atoms with Gasteiger partial charge >= 0.3 is 6.16 Å². The first-order chi connectivity index (χ1) is 8.62. The molecule has 6 heteroatoms. The lowest BCUT2D eigenvalue weighted by Crippen LogP contribution is -2.09. The van der Waals surface area contributed by atoms with Crippen LogP contribution in [0, 0.1) is 0 Å². The zero-order chi connectivity index (χ0) is 14.2. The molecule has 0 aliphatic carbocycles. The van der Waals surface area contributed by atoms with E-state index in [2.05, 4.69) is 0 Å². The maximum absolute atomic E-state index is 10.7. The lowest BCUT2D eigenvalue weighted by atomic mass is 10.4. The largest absolute Gasteiger partial charge is 0.508 e. The number of unbranched alkanes of at least 4 members (excludes halogenated alkanes) is 2. The van der Waals surface area contributed by atoms with Gasteiger partial charge in [0.1, 0.15) is 13.2 Å². The Kier molecular flexibility index (Phi) is 16.9. The monoisotopic (exact) mass is 264 g/mol. The summed E-state index contributed by atoms with van der Waals surface area (Å²) in [5.41, 5.74) is 0. The van der Waals surface area contributed by atoms with Gasteiger partial charge in [-0.25, -0.2) is 4.79 Å². The Morgan fingerprint density at radius 1 is 0.889 bits per heavy atom. The van der Waals surface area contributed by atoms with Crippen LogP contribution in [0.5, 0.6) is 0 Å². The molecule has 0 saturated carbocycles.